The Morgan fingerprint density at radius 1 is 1.20 bits per heavy atom. The Bertz CT molecular complexity index is 1380. The molecule has 0 saturated carbocycles. The number of hydrogen-bond acceptors (Lipinski definition) is 6. The normalized spacial score (nSPS) is 12.4. The van der Waals surface area contributed by atoms with Gasteiger partial charge in [0.25, 0.3) is 11.5 Å². The van der Waals surface area contributed by atoms with Gasteiger partial charge in [0.05, 0.1) is 4.53 Å². The Hall–Kier alpha value is -3.81. The highest BCUT2D eigenvalue weighted by Gasteiger charge is 2.16. The number of hydrogen-bond donors (Lipinski definition) is 1. The number of methoxy groups -OCH3 is 1. The van der Waals surface area contributed by atoms with Gasteiger partial charge in [0.2, 0.25) is 0 Å². The topological polar surface area (TPSA) is 93.3 Å². The molecule has 3 rings (SSSR count). The number of halogens is 2. The van der Waals surface area contributed by atoms with Crippen LogP contribution in [0.1, 0.15) is 17.5 Å². The van der Waals surface area contributed by atoms with Crippen molar-refractivity contribution in [2.45, 2.75) is 26.1 Å². The summed E-state index contributed by atoms with van der Waals surface area (Å²) in [6.45, 7) is -2.24. The van der Waals surface area contributed by atoms with E-state index in [1.54, 1.807) is 6.07 Å². The van der Waals surface area contributed by atoms with Gasteiger partial charge in [-0.1, -0.05) is 48.5 Å². The number of nitriles is 1. The van der Waals surface area contributed by atoms with Gasteiger partial charge < -0.3 is 14.8 Å². The molecule has 0 radical (unpaired) electrons. The first kappa shape index (κ1) is 25.8. The molecule has 0 saturated heterocycles. The van der Waals surface area contributed by atoms with E-state index in [-0.39, 0.29) is 39.2 Å². The molecule has 0 unspecified atom stereocenters. The molecular weight excluding hydrogens is 476 g/mol. The van der Waals surface area contributed by atoms with Crippen LogP contribution in [0, 0.1) is 11.3 Å². The highest BCUT2D eigenvalue weighted by Crippen LogP contribution is 2.20. The minimum absolute atomic E-state index is 0.0899. The SMILES string of the molecule is COCCCn1c(=O)/c(=C\c2ccccc2OC(F)F)s/c1=C(/C#N)C(=O)NCc1ccccc1. The van der Waals surface area contributed by atoms with Crippen molar-refractivity contribution in [3.8, 4) is 11.8 Å². The van der Waals surface area contributed by atoms with E-state index in [9.17, 15) is 23.6 Å². The lowest BCUT2D eigenvalue weighted by molar-refractivity contribution is -0.115. The van der Waals surface area contributed by atoms with Gasteiger partial charge in [0, 0.05) is 32.4 Å². The summed E-state index contributed by atoms with van der Waals surface area (Å²) in [6.07, 6.45) is 1.88. The van der Waals surface area contributed by atoms with Gasteiger partial charge in [-0.15, -0.1) is 11.3 Å². The first-order valence-corrected chi connectivity index (χ1v) is 11.5. The molecule has 1 heterocycles. The molecule has 3 aromatic rings. The Balaban J connectivity index is 2.09. The van der Waals surface area contributed by atoms with E-state index in [2.05, 4.69) is 10.1 Å². The van der Waals surface area contributed by atoms with Crippen LogP contribution in [-0.4, -0.2) is 30.8 Å². The maximum absolute atomic E-state index is 13.2. The van der Waals surface area contributed by atoms with Crippen molar-refractivity contribution in [1.82, 2.24) is 9.88 Å². The molecule has 0 bridgehead atoms. The third kappa shape index (κ3) is 6.85. The molecule has 0 fully saturated rings. The molecule has 0 atom stereocenters. The summed E-state index contributed by atoms with van der Waals surface area (Å²) in [5, 5.41) is 12.5. The van der Waals surface area contributed by atoms with E-state index in [0.29, 0.717) is 13.0 Å². The summed E-state index contributed by atoms with van der Waals surface area (Å²) in [6, 6.07) is 17.2. The smallest absolute Gasteiger partial charge is 0.387 e. The number of ether oxygens (including phenoxy) is 2. The average Bonchev–Trinajstić information content (AvgIpc) is 3.15. The first-order valence-electron chi connectivity index (χ1n) is 10.6. The zero-order chi connectivity index (χ0) is 25.2. The molecule has 182 valence electrons. The highest BCUT2D eigenvalue weighted by molar-refractivity contribution is 7.07. The zero-order valence-electron chi connectivity index (χ0n) is 18.9. The lowest BCUT2D eigenvalue weighted by Crippen LogP contribution is -2.35. The van der Waals surface area contributed by atoms with Crippen LogP contribution in [0.4, 0.5) is 8.78 Å². The zero-order valence-corrected chi connectivity index (χ0v) is 19.7. The first-order chi connectivity index (χ1) is 16.9. The fraction of sp³-hybridized carbons (Fsp3) is 0.240. The summed E-state index contributed by atoms with van der Waals surface area (Å²) < 4.78 is 36.9. The van der Waals surface area contributed by atoms with E-state index >= 15 is 0 Å². The van der Waals surface area contributed by atoms with Crippen LogP contribution in [0.15, 0.2) is 59.4 Å². The second-order valence-corrected chi connectivity index (χ2v) is 8.32. The van der Waals surface area contributed by atoms with Crippen LogP contribution in [0.3, 0.4) is 0 Å². The predicted octanol–water partition coefficient (Wildman–Crippen LogP) is 2.37. The summed E-state index contributed by atoms with van der Waals surface area (Å²) in [5.41, 5.74) is 0.467. The van der Waals surface area contributed by atoms with Gasteiger partial charge in [0.15, 0.2) is 5.57 Å². The molecule has 1 N–H and O–H groups in total. The number of nitrogens with zero attached hydrogens (tertiary/aromatic N) is 2. The number of thiazole rings is 1. The van der Waals surface area contributed by atoms with E-state index in [0.717, 1.165) is 16.9 Å². The van der Waals surface area contributed by atoms with Crippen molar-refractivity contribution >= 4 is 28.9 Å². The number of para-hydroxylation sites is 1. The van der Waals surface area contributed by atoms with Crippen LogP contribution in [-0.2, 0) is 22.6 Å². The molecule has 10 heteroatoms. The predicted molar refractivity (Wildman–Crippen MR) is 128 cm³/mol. The van der Waals surface area contributed by atoms with Crippen LogP contribution < -0.4 is 24.8 Å². The quantitative estimate of drug-likeness (QED) is 0.433. The van der Waals surface area contributed by atoms with Crippen molar-refractivity contribution in [1.29, 1.82) is 5.26 Å². The number of rotatable bonds is 10. The van der Waals surface area contributed by atoms with Crippen molar-refractivity contribution in [2.75, 3.05) is 13.7 Å². The van der Waals surface area contributed by atoms with Crippen molar-refractivity contribution < 1.29 is 23.0 Å². The van der Waals surface area contributed by atoms with Gasteiger partial charge in [-0.05, 0) is 24.1 Å². The van der Waals surface area contributed by atoms with Crippen LogP contribution in [0.5, 0.6) is 5.75 Å². The Morgan fingerprint density at radius 3 is 2.60 bits per heavy atom. The molecular formula is C25H23F2N3O4S. The number of carbonyl (C=O) groups excluding carboxylic acids is 1. The molecule has 2 aromatic carbocycles. The molecule has 1 amide bonds. The van der Waals surface area contributed by atoms with Crippen molar-refractivity contribution in [2.24, 2.45) is 0 Å². The fourth-order valence-corrected chi connectivity index (χ4v) is 4.40. The number of carbonyl (C=O) groups is 1. The Kier molecular flexibility index (Phi) is 9.29. The minimum atomic E-state index is -3.03. The molecule has 0 aliphatic rings. The molecule has 35 heavy (non-hydrogen) atoms. The summed E-state index contributed by atoms with van der Waals surface area (Å²) in [5.74, 6) is -0.709. The van der Waals surface area contributed by atoms with Gasteiger partial charge >= 0.3 is 6.61 Å². The van der Waals surface area contributed by atoms with Crippen molar-refractivity contribution in [3.63, 3.8) is 0 Å². The third-order valence-corrected chi connectivity index (χ3v) is 6.04. The molecule has 0 spiro atoms. The lowest BCUT2D eigenvalue weighted by atomic mass is 10.2. The summed E-state index contributed by atoms with van der Waals surface area (Å²) in [7, 11) is 1.53. The monoisotopic (exact) mass is 499 g/mol. The van der Waals surface area contributed by atoms with E-state index in [4.69, 9.17) is 4.74 Å². The molecule has 0 aliphatic heterocycles. The number of amides is 1. The van der Waals surface area contributed by atoms with Gasteiger partial charge in [-0.25, -0.2) is 0 Å². The molecule has 7 nitrogen and oxygen atoms in total. The average molecular weight is 500 g/mol. The van der Waals surface area contributed by atoms with Crippen LogP contribution >= 0.6 is 11.3 Å². The second kappa shape index (κ2) is 12.6. The largest absolute Gasteiger partial charge is 0.434 e. The van der Waals surface area contributed by atoms with E-state index < -0.39 is 18.1 Å². The lowest BCUT2D eigenvalue weighted by Gasteiger charge is -2.06. The van der Waals surface area contributed by atoms with Gasteiger partial charge in [-0.2, -0.15) is 14.0 Å². The van der Waals surface area contributed by atoms with Gasteiger partial charge in [0.1, 0.15) is 16.5 Å². The highest BCUT2D eigenvalue weighted by atomic mass is 32.1. The van der Waals surface area contributed by atoms with Crippen LogP contribution in [0.25, 0.3) is 11.6 Å². The maximum atomic E-state index is 13.2. The number of aromatic nitrogens is 1. The molecule has 0 aliphatic carbocycles. The summed E-state index contributed by atoms with van der Waals surface area (Å²) >= 11 is 0.940. The van der Waals surface area contributed by atoms with Crippen molar-refractivity contribution in [3.05, 3.63) is 85.3 Å². The van der Waals surface area contributed by atoms with Gasteiger partial charge in [-0.3, -0.25) is 14.2 Å². The van der Waals surface area contributed by atoms with E-state index in [1.165, 1.54) is 36.0 Å². The number of benzene rings is 2. The third-order valence-electron chi connectivity index (χ3n) is 4.91. The van der Waals surface area contributed by atoms with E-state index in [1.807, 2.05) is 36.4 Å². The maximum Gasteiger partial charge on any atom is 0.387 e. The summed E-state index contributed by atoms with van der Waals surface area (Å²) in [4.78, 5) is 26.1. The fourth-order valence-electron chi connectivity index (χ4n) is 3.28. The number of nitrogens with one attached hydrogen (secondary N) is 1. The number of alkyl halides is 2. The minimum Gasteiger partial charge on any atom is -0.434 e. The second-order valence-electron chi connectivity index (χ2n) is 7.29. The van der Waals surface area contributed by atoms with Crippen LogP contribution in [0.2, 0.25) is 0 Å². The standard InChI is InChI=1S/C25H23F2N3O4S/c1-33-13-7-12-30-23(32)21(14-18-10-5-6-11-20(18)34-25(26)27)35-24(30)19(15-28)22(31)29-16-17-8-3-2-4-9-17/h2-6,8-11,14,25H,7,12-13,16H2,1H3,(H,29,31)/b21-14+,24-19-. The molecule has 1 aromatic heterocycles. The Morgan fingerprint density at radius 2 is 1.91 bits per heavy atom. The Labute approximate surface area is 204 Å².